The summed E-state index contributed by atoms with van der Waals surface area (Å²) in [6.45, 7) is 4.26. The van der Waals surface area contributed by atoms with Crippen molar-refractivity contribution in [3.63, 3.8) is 0 Å². The molecule has 8 nitrogen and oxygen atoms in total. The molecule has 3 heterocycles. The predicted molar refractivity (Wildman–Crippen MR) is 112 cm³/mol. The minimum atomic E-state index is -0.483. The molecule has 156 valence electrons. The van der Waals surface area contributed by atoms with Crippen LogP contribution in [0.1, 0.15) is 19.4 Å². The van der Waals surface area contributed by atoms with E-state index >= 15 is 0 Å². The molecule has 0 unspecified atom stereocenters. The molecule has 4 rings (SSSR count). The lowest BCUT2D eigenvalue weighted by atomic mass is 10.2. The fourth-order valence-corrected chi connectivity index (χ4v) is 4.09. The van der Waals surface area contributed by atoms with E-state index in [-0.39, 0.29) is 36.2 Å². The lowest BCUT2D eigenvalue weighted by Crippen LogP contribution is -2.32. The molecule has 0 aliphatic rings. The van der Waals surface area contributed by atoms with E-state index in [9.17, 15) is 18.8 Å². The maximum atomic E-state index is 13.0. The molecule has 0 fully saturated rings. The van der Waals surface area contributed by atoms with Gasteiger partial charge < -0.3 is 5.32 Å². The number of rotatable bonds is 6. The zero-order valence-electron chi connectivity index (χ0n) is 16.5. The standard InChI is InChI=1S/C20H20FN5O3S/c1-12(2)10-24-18(28)17-15(7-8-30-17)26-19(24)23-25(20(26)29)11-16(27)22-9-13-3-5-14(21)6-4-13/h3-8,12H,9-11H2,1-2H3,(H,22,27). The molecule has 0 aliphatic carbocycles. The molecule has 1 N–H and O–H groups in total. The first-order valence-corrected chi connectivity index (χ1v) is 10.3. The number of thiophene rings is 1. The fourth-order valence-electron chi connectivity index (χ4n) is 3.26. The Hall–Kier alpha value is -3.27. The largest absolute Gasteiger partial charge is 0.352 e. The Morgan fingerprint density at radius 2 is 1.93 bits per heavy atom. The number of halogens is 1. The van der Waals surface area contributed by atoms with Crippen LogP contribution in [0.3, 0.4) is 0 Å². The van der Waals surface area contributed by atoms with Crippen molar-refractivity contribution in [3.05, 3.63) is 67.9 Å². The summed E-state index contributed by atoms with van der Waals surface area (Å²) in [7, 11) is 0. The molecule has 0 bridgehead atoms. The summed E-state index contributed by atoms with van der Waals surface area (Å²) in [6, 6.07) is 7.48. The van der Waals surface area contributed by atoms with Crippen molar-refractivity contribution in [2.75, 3.05) is 0 Å². The molecule has 0 saturated carbocycles. The number of hydrogen-bond donors (Lipinski definition) is 1. The number of benzene rings is 1. The summed E-state index contributed by atoms with van der Waals surface area (Å²) in [6.07, 6.45) is 0. The number of nitrogens with zero attached hydrogens (tertiary/aromatic N) is 4. The van der Waals surface area contributed by atoms with Crippen molar-refractivity contribution in [1.29, 1.82) is 0 Å². The highest BCUT2D eigenvalue weighted by Crippen LogP contribution is 2.17. The van der Waals surface area contributed by atoms with Crippen molar-refractivity contribution in [2.45, 2.75) is 33.5 Å². The lowest BCUT2D eigenvalue weighted by molar-refractivity contribution is -0.122. The summed E-state index contributed by atoms with van der Waals surface area (Å²) < 4.78 is 17.4. The zero-order valence-corrected chi connectivity index (χ0v) is 17.3. The van der Waals surface area contributed by atoms with Gasteiger partial charge in [0.25, 0.3) is 5.56 Å². The van der Waals surface area contributed by atoms with Gasteiger partial charge in [-0.2, -0.15) is 0 Å². The van der Waals surface area contributed by atoms with Crippen molar-refractivity contribution >= 4 is 33.2 Å². The van der Waals surface area contributed by atoms with E-state index in [0.29, 0.717) is 16.8 Å². The van der Waals surface area contributed by atoms with Crippen LogP contribution in [-0.4, -0.2) is 24.7 Å². The van der Waals surface area contributed by atoms with E-state index in [4.69, 9.17) is 0 Å². The molecule has 3 aromatic heterocycles. The molecule has 0 aliphatic heterocycles. The molecule has 0 atom stereocenters. The van der Waals surface area contributed by atoms with Crippen LogP contribution in [0, 0.1) is 11.7 Å². The number of carbonyl (C=O) groups excluding carboxylic acids is 1. The average molecular weight is 429 g/mol. The van der Waals surface area contributed by atoms with Crippen LogP contribution in [0.4, 0.5) is 4.39 Å². The molecule has 30 heavy (non-hydrogen) atoms. The summed E-state index contributed by atoms with van der Waals surface area (Å²) in [5.41, 5.74) is 0.544. The molecule has 1 amide bonds. The molecule has 0 saturated heterocycles. The van der Waals surface area contributed by atoms with Crippen molar-refractivity contribution in [1.82, 2.24) is 24.1 Å². The van der Waals surface area contributed by atoms with Gasteiger partial charge in [0, 0.05) is 13.1 Å². The van der Waals surface area contributed by atoms with Crippen molar-refractivity contribution in [2.24, 2.45) is 5.92 Å². The van der Waals surface area contributed by atoms with E-state index in [2.05, 4.69) is 10.4 Å². The topological polar surface area (TPSA) is 90.4 Å². The van der Waals surface area contributed by atoms with E-state index < -0.39 is 11.6 Å². The summed E-state index contributed by atoms with van der Waals surface area (Å²) in [5.74, 6) is -0.378. The predicted octanol–water partition coefficient (Wildman–Crippen LogP) is 1.98. The Labute approximate surface area is 174 Å². The third-order valence-electron chi connectivity index (χ3n) is 4.63. The molecule has 0 radical (unpaired) electrons. The van der Waals surface area contributed by atoms with Gasteiger partial charge in [-0.1, -0.05) is 26.0 Å². The van der Waals surface area contributed by atoms with Crippen LogP contribution in [-0.2, 0) is 24.4 Å². The lowest BCUT2D eigenvalue weighted by Gasteiger charge is -2.09. The quantitative estimate of drug-likeness (QED) is 0.508. The zero-order chi connectivity index (χ0) is 21.4. The van der Waals surface area contributed by atoms with E-state index in [1.54, 1.807) is 23.6 Å². The third-order valence-corrected chi connectivity index (χ3v) is 5.52. The van der Waals surface area contributed by atoms with Gasteiger partial charge in [0.2, 0.25) is 11.7 Å². The maximum absolute atomic E-state index is 13.0. The second-order valence-corrected chi connectivity index (χ2v) is 8.34. The van der Waals surface area contributed by atoms with Crippen LogP contribution in [0.25, 0.3) is 16.0 Å². The van der Waals surface area contributed by atoms with Gasteiger partial charge >= 0.3 is 5.69 Å². The van der Waals surface area contributed by atoms with Gasteiger partial charge in [-0.25, -0.2) is 18.3 Å². The fraction of sp³-hybridized carbons (Fsp3) is 0.300. The first kappa shape index (κ1) is 20.0. The first-order chi connectivity index (χ1) is 14.3. The van der Waals surface area contributed by atoms with Gasteiger partial charge in [0.05, 0.1) is 5.52 Å². The smallest absolute Gasteiger partial charge is 0.350 e. The normalized spacial score (nSPS) is 11.6. The average Bonchev–Trinajstić information content (AvgIpc) is 3.30. The van der Waals surface area contributed by atoms with Crippen LogP contribution in [0.5, 0.6) is 0 Å². The summed E-state index contributed by atoms with van der Waals surface area (Å²) in [5, 5.41) is 8.73. The Morgan fingerprint density at radius 1 is 1.20 bits per heavy atom. The Balaban J connectivity index is 1.67. The third kappa shape index (κ3) is 3.65. The molecule has 0 spiro atoms. The van der Waals surface area contributed by atoms with Gasteiger partial charge in [0.15, 0.2) is 0 Å². The number of aromatic nitrogens is 4. The van der Waals surface area contributed by atoms with E-state index in [1.807, 2.05) is 13.8 Å². The number of amides is 1. The SMILES string of the molecule is CC(C)Cn1c(=O)c2sccc2n2c(=O)n(CC(=O)NCc3ccc(F)cc3)nc12. The first-order valence-electron chi connectivity index (χ1n) is 9.46. The minimum absolute atomic E-state index is 0.170. The molecule has 10 heteroatoms. The van der Waals surface area contributed by atoms with Gasteiger partial charge in [-0.3, -0.25) is 14.2 Å². The highest BCUT2D eigenvalue weighted by atomic mass is 32.1. The number of nitrogens with one attached hydrogen (secondary N) is 1. The molecular weight excluding hydrogens is 409 g/mol. The van der Waals surface area contributed by atoms with E-state index in [0.717, 1.165) is 10.2 Å². The van der Waals surface area contributed by atoms with Crippen molar-refractivity contribution in [3.8, 4) is 0 Å². The highest BCUT2D eigenvalue weighted by molar-refractivity contribution is 7.17. The molecule has 1 aromatic carbocycles. The summed E-state index contributed by atoms with van der Waals surface area (Å²) in [4.78, 5) is 38.2. The number of hydrogen-bond acceptors (Lipinski definition) is 5. The Morgan fingerprint density at radius 3 is 2.63 bits per heavy atom. The Bertz CT molecular complexity index is 1350. The van der Waals surface area contributed by atoms with Crippen LogP contribution >= 0.6 is 11.3 Å². The monoisotopic (exact) mass is 429 g/mol. The van der Waals surface area contributed by atoms with Gasteiger partial charge in [-0.15, -0.1) is 16.4 Å². The van der Waals surface area contributed by atoms with Gasteiger partial charge in [-0.05, 0) is 35.1 Å². The van der Waals surface area contributed by atoms with Crippen molar-refractivity contribution < 1.29 is 9.18 Å². The number of fused-ring (bicyclic) bond motifs is 3. The summed E-state index contributed by atoms with van der Waals surface area (Å²) >= 11 is 1.27. The van der Waals surface area contributed by atoms with Crippen LogP contribution < -0.4 is 16.6 Å². The minimum Gasteiger partial charge on any atom is -0.350 e. The molecular formula is C20H20FN5O3S. The maximum Gasteiger partial charge on any atom is 0.352 e. The van der Waals surface area contributed by atoms with Crippen LogP contribution in [0.2, 0.25) is 0 Å². The second kappa shape index (κ2) is 7.86. The number of carbonyl (C=O) groups is 1. The second-order valence-electron chi connectivity index (χ2n) is 7.42. The highest BCUT2D eigenvalue weighted by Gasteiger charge is 2.19. The molecule has 4 aromatic rings. The van der Waals surface area contributed by atoms with Gasteiger partial charge in [0.1, 0.15) is 17.1 Å². The van der Waals surface area contributed by atoms with E-state index in [1.165, 1.54) is 32.4 Å². The van der Waals surface area contributed by atoms with Crippen LogP contribution in [0.15, 0.2) is 45.3 Å². The Kier molecular flexibility index (Phi) is 5.25.